The molecule has 7 nitrogen and oxygen atoms in total. The van der Waals surface area contributed by atoms with E-state index in [1.165, 1.54) is 23.5 Å². The van der Waals surface area contributed by atoms with Crippen LogP contribution in [0.15, 0.2) is 58.5 Å². The van der Waals surface area contributed by atoms with Gasteiger partial charge < -0.3 is 10.6 Å². The van der Waals surface area contributed by atoms with E-state index in [9.17, 15) is 14.0 Å². The molecule has 1 aliphatic heterocycles. The number of amides is 2. The Morgan fingerprint density at radius 2 is 1.78 bits per heavy atom. The van der Waals surface area contributed by atoms with Gasteiger partial charge in [0.15, 0.2) is 0 Å². The van der Waals surface area contributed by atoms with Crippen molar-refractivity contribution in [2.75, 3.05) is 31.1 Å². The van der Waals surface area contributed by atoms with E-state index in [2.05, 4.69) is 20.6 Å². The fourth-order valence-electron chi connectivity index (χ4n) is 5.05. The van der Waals surface area contributed by atoms with Gasteiger partial charge in [0.2, 0.25) is 11.8 Å². The Morgan fingerprint density at radius 1 is 1.03 bits per heavy atom. The lowest BCUT2D eigenvalue weighted by Crippen LogP contribution is -2.50. The molecule has 8 heteroatoms. The number of carbonyl (C=O) groups excluding carboxylic acids is 2. The van der Waals surface area contributed by atoms with Gasteiger partial charge in [-0.2, -0.15) is 0 Å². The van der Waals surface area contributed by atoms with Crippen LogP contribution in [0, 0.1) is 12.7 Å². The van der Waals surface area contributed by atoms with Crippen molar-refractivity contribution >= 4 is 28.9 Å². The fourth-order valence-corrected chi connectivity index (χ4v) is 5.05. The Kier molecular flexibility index (Phi) is 9.17. The summed E-state index contributed by atoms with van der Waals surface area (Å²) in [7, 11) is 0. The van der Waals surface area contributed by atoms with Gasteiger partial charge in [-0.15, -0.1) is 0 Å². The number of benzene rings is 2. The van der Waals surface area contributed by atoms with Gasteiger partial charge in [-0.3, -0.25) is 24.5 Å². The molecule has 0 radical (unpaired) electrons. The number of rotatable bonds is 9. The first-order chi connectivity index (χ1) is 17.9. The second-order valence-electron chi connectivity index (χ2n) is 9.75. The number of hydrogen-bond donors (Lipinski definition) is 2. The molecule has 1 heterocycles. The predicted molar refractivity (Wildman–Crippen MR) is 146 cm³/mol. The van der Waals surface area contributed by atoms with Crippen molar-refractivity contribution in [1.29, 1.82) is 0 Å². The number of anilines is 1. The van der Waals surface area contributed by atoms with E-state index >= 15 is 0 Å². The number of halogens is 1. The summed E-state index contributed by atoms with van der Waals surface area (Å²) in [5, 5.41) is 6.36. The number of nitrogens with zero attached hydrogens (tertiary/aromatic N) is 3. The van der Waals surface area contributed by atoms with Gasteiger partial charge in [-0.1, -0.05) is 49.6 Å². The van der Waals surface area contributed by atoms with Crippen LogP contribution in [-0.2, 0) is 9.59 Å². The van der Waals surface area contributed by atoms with E-state index in [0.29, 0.717) is 30.9 Å². The summed E-state index contributed by atoms with van der Waals surface area (Å²) in [6.07, 6.45) is 5.16. The maximum Gasteiger partial charge on any atom is 0.248 e. The minimum absolute atomic E-state index is 0.0398. The molecule has 2 amide bonds. The number of nitrogens with one attached hydrogen (secondary N) is 2. The summed E-state index contributed by atoms with van der Waals surface area (Å²) < 4.78 is 14.4. The molecule has 1 fully saturated rings. The summed E-state index contributed by atoms with van der Waals surface area (Å²) in [4.78, 5) is 38.0. The molecule has 2 aromatic rings. The topological polar surface area (TPSA) is 86.2 Å². The van der Waals surface area contributed by atoms with Crippen LogP contribution in [0.5, 0.6) is 0 Å². The Bertz CT molecular complexity index is 1170. The Balaban J connectivity index is 1.65. The lowest BCUT2D eigenvalue weighted by molar-refractivity contribution is -0.127. The molecule has 2 N–H and O–H groups in total. The summed E-state index contributed by atoms with van der Waals surface area (Å²) >= 11 is 0. The number of aryl methyl sites for hydroxylation is 1. The van der Waals surface area contributed by atoms with Gasteiger partial charge in [0.25, 0.3) is 0 Å². The second kappa shape index (κ2) is 12.7. The van der Waals surface area contributed by atoms with Crippen molar-refractivity contribution in [3.63, 3.8) is 0 Å². The van der Waals surface area contributed by atoms with Crippen LogP contribution in [0.25, 0.3) is 0 Å². The summed E-state index contributed by atoms with van der Waals surface area (Å²) in [5.74, 6) is -1.05. The number of carbonyl (C=O) groups is 2. The van der Waals surface area contributed by atoms with E-state index in [1.807, 2.05) is 38.1 Å². The van der Waals surface area contributed by atoms with Crippen LogP contribution in [0.4, 0.5) is 10.1 Å². The summed E-state index contributed by atoms with van der Waals surface area (Å²) in [6.45, 7) is 5.49. The minimum atomic E-state index is -0.936. The second-order valence-corrected chi connectivity index (χ2v) is 9.75. The first-order valence-electron chi connectivity index (χ1n) is 13.1. The van der Waals surface area contributed by atoms with Crippen LogP contribution in [0.2, 0.25) is 0 Å². The zero-order valence-corrected chi connectivity index (χ0v) is 21.7. The van der Waals surface area contributed by atoms with Crippen LogP contribution in [0.3, 0.4) is 0 Å². The van der Waals surface area contributed by atoms with E-state index in [-0.39, 0.29) is 24.4 Å². The molecule has 0 spiro atoms. The Hall–Kier alpha value is -3.39. The van der Waals surface area contributed by atoms with Gasteiger partial charge in [-0.25, -0.2) is 4.39 Å². The largest absolute Gasteiger partial charge is 0.351 e. The normalized spacial score (nSPS) is 16.9. The minimum Gasteiger partial charge on any atom is -0.351 e. The first-order valence-corrected chi connectivity index (χ1v) is 13.1. The molecule has 0 aromatic heterocycles. The zero-order chi connectivity index (χ0) is 26.2. The zero-order valence-electron chi connectivity index (χ0n) is 21.7. The number of hydrogen-bond acceptors (Lipinski definition) is 5. The van der Waals surface area contributed by atoms with Gasteiger partial charge in [0.1, 0.15) is 11.9 Å². The third-order valence-electron chi connectivity index (χ3n) is 7.03. The summed E-state index contributed by atoms with van der Waals surface area (Å²) in [6, 6.07) is 12.5. The smallest absolute Gasteiger partial charge is 0.248 e. The molecule has 2 aromatic carbocycles. The molecule has 196 valence electrons. The van der Waals surface area contributed by atoms with Crippen molar-refractivity contribution in [1.82, 2.24) is 10.6 Å². The predicted octanol–water partition coefficient (Wildman–Crippen LogP) is 4.16. The quantitative estimate of drug-likeness (QED) is 0.537. The number of aliphatic imine (C=N–C) groups is 2. The first kappa shape index (κ1) is 26.7. The highest BCUT2D eigenvalue weighted by Crippen LogP contribution is 2.31. The monoisotopic (exact) mass is 505 g/mol. The molecular weight excluding hydrogens is 469 g/mol. The van der Waals surface area contributed by atoms with Crippen molar-refractivity contribution < 1.29 is 14.0 Å². The van der Waals surface area contributed by atoms with E-state index in [1.54, 1.807) is 12.1 Å². The van der Waals surface area contributed by atoms with E-state index in [0.717, 1.165) is 42.7 Å². The Labute approximate surface area is 218 Å². The standard InChI is InChI=1S/C29H36FN5O2/c1-20-9-6-7-14-25(20)28(29(37)34-23-11-4-3-5-12-23)35(24-13-8-10-22(30)17-24)27(36)19-31-18-26-21(2)32-15-16-33-26/h6-10,13-14,17,23,28,31H,3-5,11-12,15-16,18-19H2,1-2H3,(H,34,37). The lowest BCUT2D eigenvalue weighted by Gasteiger charge is -2.34. The molecular formula is C29H36FN5O2. The van der Waals surface area contributed by atoms with Crippen molar-refractivity contribution in [2.24, 2.45) is 9.98 Å². The van der Waals surface area contributed by atoms with E-state index in [4.69, 9.17) is 0 Å². The Morgan fingerprint density at radius 3 is 2.51 bits per heavy atom. The van der Waals surface area contributed by atoms with Gasteiger partial charge in [0.05, 0.1) is 31.1 Å². The highest BCUT2D eigenvalue weighted by molar-refractivity contribution is 6.42. The maximum atomic E-state index is 14.4. The van der Waals surface area contributed by atoms with E-state index < -0.39 is 11.9 Å². The van der Waals surface area contributed by atoms with Crippen molar-refractivity contribution in [3.8, 4) is 0 Å². The van der Waals surface area contributed by atoms with Crippen molar-refractivity contribution in [2.45, 2.75) is 58.0 Å². The molecule has 1 atom stereocenters. The van der Waals surface area contributed by atoms with Crippen LogP contribution in [-0.4, -0.2) is 55.5 Å². The molecule has 0 bridgehead atoms. The van der Waals surface area contributed by atoms with Gasteiger partial charge in [0, 0.05) is 18.3 Å². The molecule has 2 aliphatic rings. The van der Waals surface area contributed by atoms with Gasteiger partial charge >= 0.3 is 0 Å². The van der Waals surface area contributed by atoms with Crippen LogP contribution >= 0.6 is 0 Å². The molecule has 37 heavy (non-hydrogen) atoms. The average Bonchev–Trinajstić information content (AvgIpc) is 2.89. The molecule has 1 aliphatic carbocycles. The molecule has 1 saturated carbocycles. The summed E-state index contributed by atoms with van der Waals surface area (Å²) in [5.41, 5.74) is 3.62. The highest BCUT2D eigenvalue weighted by Gasteiger charge is 2.35. The third-order valence-corrected chi connectivity index (χ3v) is 7.03. The maximum absolute atomic E-state index is 14.4. The lowest BCUT2D eigenvalue weighted by atomic mass is 9.93. The third kappa shape index (κ3) is 6.89. The fraction of sp³-hybridized carbons (Fsp3) is 0.448. The average molecular weight is 506 g/mol. The molecule has 0 saturated heterocycles. The highest BCUT2D eigenvalue weighted by atomic mass is 19.1. The van der Waals surface area contributed by atoms with Gasteiger partial charge in [-0.05, 0) is 56.0 Å². The van der Waals surface area contributed by atoms with Crippen LogP contribution in [0.1, 0.15) is 56.2 Å². The van der Waals surface area contributed by atoms with Crippen molar-refractivity contribution in [3.05, 3.63) is 65.5 Å². The SMILES string of the molecule is CC1=NCCN=C1CNCC(=O)N(c1cccc(F)c1)C(C(=O)NC1CCCCC1)c1ccccc1C. The molecule has 1 unspecified atom stereocenters. The molecule has 4 rings (SSSR count). The van der Waals surface area contributed by atoms with Crippen LogP contribution < -0.4 is 15.5 Å².